The van der Waals surface area contributed by atoms with Crippen LogP contribution in [-0.2, 0) is 9.31 Å². The van der Waals surface area contributed by atoms with Gasteiger partial charge >= 0.3 is 7.12 Å². The van der Waals surface area contributed by atoms with Gasteiger partial charge in [-0.3, -0.25) is 0 Å². The molecule has 3 aromatic rings. The topological polar surface area (TPSA) is 31.4 Å². The molecule has 5 heteroatoms. The molecule has 1 saturated heterocycles. The molecule has 1 fully saturated rings. The van der Waals surface area contributed by atoms with Crippen LogP contribution in [0.3, 0.4) is 0 Å². The van der Waals surface area contributed by atoms with Crippen molar-refractivity contribution in [2.75, 3.05) is 0 Å². The molecule has 1 aliphatic heterocycles. The molecule has 0 bridgehead atoms. The summed E-state index contributed by atoms with van der Waals surface area (Å²) in [5.74, 6) is 0. The summed E-state index contributed by atoms with van der Waals surface area (Å²) in [4.78, 5) is 4.37. The number of aromatic nitrogens is 1. The van der Waals surface area contributed by atoms with E-state index in [1.165, 1.54) is 0 Å². The van der Waals surface area contributed by atoms with Crippen molar-refractivity contribution in [2.45, 2.75) is 38.9 Å². The van der Waals surface area contributed by atoms with E-state index < -0.39 is 48.5 Å². The van der Waals surface area contributed by atoms with Crippen LogP contribution in [-0.4, -0.2) is 23.3 Å². The van der Waals surface area contributed by atoms with E-state index in [9.17, 15) is 0 Å². The Bertz CT molecular complexity index is 1250. The Morgan fingerprint density at radius 3 is 2.29 bits per heavy atom. The molecule has 1 aliphatic rings. The fraction of sp³-hybridized carbons (Fsp3) is 0.316. The van der Waals surface area contributed by atoms with E-state index in [0.29, 0.717) is 4.70 Å². The van der Waals surface area contributed by atoms with Crippen molar-refractivity contribution in [3.63, 3.8) is 0 Å². The summed E-state index contributed by atoms with van der Waals surface area (Å²) >= 11 is 0.990. The molecule has 3 nitrogen and oxygen atoms in total. The van der Waals surface area contributed by atoms with Gasteiger partial charge in [-0.2, -0.15) is 0 Å². The largest absolute Gasteiger partial charge is 0.496 e. The van der Waals surface area contributed by atoms with Crippen LogP contribution in [0.1, 0.15) is 38.7 Å². The molecule has 0 aliphatic carbocycles. The summed E-state index contributed by atoms with van der Waals surface area (Å²) in [6, 6.07) is -3.14. The molecule has 122 valence electrons. The van der Waals surface area contributed by atoms with Gasteiger partial charge in [0.2, 0.25) is 0 Å². The lowest BCUT2D eigenvalue weighted by Gasteiger charge is -2.32. The molecular formula is C19H20BNO2S. The van der Waals surface area contributed by atoms with Crippen LogP contribution in [0, 0.1) is 0 Å². The van der Waals surface area contributed by atoms with Crippen molar-refractivity contribution in [1.82, 2.24) is 4.98 Å². The van der Waals surface area contributed by atoms with Gasteiger partial charge in [-0.1, -0.05) is 42.3 Å². The second kappa shape index (κ2) is 5.41. The smallest absolute Gasteiger partial charge is 0.399 e. The number of fused-ring (bicyclic) bond motifs is 1. The Labute approximate surface area is 158 Å². The minimum Gasteiger partial charge on any atom is -0.399 e. The molecule has 2 heterocycles. The fourth-order valence-electron chi connectivity index (χ4n) is 2.39. The van der Waals surface area contributed by atoms with Crippen molar-refractivity contribution in [3.05, 3.63) is 48.3 Å². The second-order valence-electron chi connectivity index (χ2n) is 6.57. The Balaban J connectivity index is 2.01. The van der Waals surface area contributed by atoms with Crippen molar-refractivity contribution in [2.24, 2.45) is 0 Å². The van der Waals surface area contributed by atoms with Gasteiger partial charge < -0.3 is 9.31 Å². The SMILES string of the molecule is [2H]c1c([2H])c([2H])c(-c2nc3c([2H])c([2H])c([2H])c(B4OC(C)(C)C(C)(C)O4)c3s2)c([2H])c1[2H]. The third-order valence-electron chi connectivity index (χ3n) is 4.45. The number of thiazole rings is 1. The number of rotatable bonds is 2. The van der Waals surface area contributed by atoms with Crippen molar-refractivity contribution in [1.29, 1.82) is 0 Å². The van der Waals surface area contributed by atoms with Gasteiger partial charge in [-0.15, -0.1) is 11.3 Å². The predicted molar refractivity (Wildman–Crippen MR) is 101 cm³/mol. The van der Waals surface area contributed by atoms with Crippen molar-refractivity contribution < 1.29 is 20.3 Å². The summed E-state index contributed by atoms with van der Waals surface area (Å²) in [5.41, 5.74) is -1.13. The summed E-state index contributed by atoms with van der Waals surface area (Å²) in [7, 11) is -0.979. The maximum atomic E-state index is 8.49. The van der Waals surface area contributed by atoms with Crippen LogP contribution < -0.4 is 5.46 Å². The van der Waals surface area contributed by atoms with Crippen LogP contribution in [0.2, 0.25) is 0 Å². The molecular weight excluding hydrogens is 317 g/mol. The first kappa shape index (κ1) is 9.13. The molecule has 2 aromatic carbocycles. The number of hydrogen-bond acceptors (Lipinski definition) is 4. The molecule has 0 radical (unpaired) electrons. The van der Waals surface area contributed by atoms with Gasteiger partial charge in [0.15, 0.2) is 0 Å². The van der Waals surface area contributed by atoms with E-state index in [2.05, 4.69) is 4.98 Å². The Morgan fingerprint density at radius 2 is 1.62 bits per heavy atom. The van der Waals surface area contributed by atoms with Crippen LogP contribution >= 0.6 is 11.3 Å². The van der Waals surface area contributed by atoms with Gasteiger partial charge in [0, 0.05) is 11.0 Å². The predicted octanol–water partition coefficient (Wildman–Crippen LogP) is 4.26. The van der Waals surface area contributed by atoms with Gasteiger partial charge in [-0.05, 0) is 33.7 Å². The second-order valence-corrected chi connectivity index (χ2v) is 7.57. The van der Waals surface area contributed by atoms with Crippen LogP contribution in [0.15, 0.2) is 48.3 Å². The van der Waals surface area contributed by atoms with E-state index in [4.69, 9.17) is 20.3 Å². The number of hydrogen-bond donors (Lipinski definition) is 0. The fourth-order valence-corrected chi connectivity index (χ4v) is 3.38. The molecule has 0 N–H and O–H groups in total. The number of nitrogens with zero attached hydrogens (tertiary/aromatic N) is 1. The quantitative estimate of drug-likeness (QED) is 0.650. The Hall–Kier alpha value is -1.69. The summed E-state index contributed by atoms with van der Waals surface area (Å²) in [6.45, 7) is 7.44. The molecule has 0 saturated carbocycles. The highest BCUT2D eigenvalue weighted by atomic mass is 32.1. The average Bonchev–Trinajstić information content (AvgIpc) is 3.21. The van der Waals surface area contributed by atoms with Crippen LogP contribution in [0.5, 0.6) is 0 Å². The standard InChI is InChI=1S/C19H20BNO2S/c1-18(2)19(3,4)23-20(22-18)14-11-8-12-15-16(14)24-17(21-15)13-9-6-5-7-10-13/h5-12H,1-4H3/i5D,6D,7D,8D,9D,10D,11D,12D. The molecule has 1 aromatic heterocycles. The van der Waals surface area contributed by atoms with E-state index in [1.807, 2.05) is 27.7 Å². The number of benzene rings is 2. The van der Waals surface area contributed by atoms with Gasteiger partial charge in [0.1, 0.15) is 5.01 Å². The lowest BCUT2D eigenvalue weighted by atomic mass is 9.79. The lowest BCUT2D eigenvalue weighted by molar-refractivity contribution is 0.00578. The molecule has 0 unspecified atom stereocenters. The lowest BCUT2D eigenvalue weighted by Crippen LogP contribution is -2.41. The summed E-state index contributed by atoms with van der Waals surface area (Å²) in [6.07, 6.45) is 0. The molecule has 24 heavy (non-hydrogen) atoms. The Morgan fingerprint density at radius 1 is 0.958 bits per heavy atom. The zero-order valence-electron chi connectivity index (χ0n) is 21.7. The maximum Gasteiger partial charge on any atom is 0.496 e. The van der Waals surface area contributed by atoms with E-state index >= 15 is 0 Å². The van der Waals surface area contributed by atoms with Gasteiger partial charge in [0.25, 0.3) is 0 Å². The van der Waals surface area contributed by atoms with Crippen LogP contribution in [0.4, 0.5) is 0 Å². The highest BCUT2D eigenvalue weighted by Gasteiger charge is 2.52. The third-order valence-corrected chi connectivity index (χ3v) is 5.56. The molecule has 4 rings (SSSR count). The van der Waals surface area contributed by atoms with E-state index in [1.54, 1.807) is 0 Å². The first-order valence-electron chi connectivity index (χ1n) is 11.5. The normalized spacial score (nSPS) is 23.8. The first-order valence-corrected chi connectivity index (χ1v) is 8.34. The monoisotopic (exact) mass is 345 g/mol. The Kier molecular flexibility index (Phi) is 2.06. The molecule has 0 spiro atoms. The van der Waals surface area contributed by atoms with E-state index in [0.717, 1.165) is 11.3 Å². The summed E-state index contributed by atoms with van der Waals surface area (Å²) < 4.78 is 77.7. The third kappa shape index (κ3) is 2.48. The zero-order chi connectivity index (χ0) is 23.9. The average molecular weight is 345 g/mol. The van der Waals surface area contributed by atoms with Crippen LogP contribution in [0.25, 0.3) is 20.8 Å². The highest BCUT2D eigenvalue weighted by molar-refractivity contribution is 7.23. The van der Waals surface area contributed by atoms with Crippen molar-refractivity contribution in [3.8, 4) is 10.6 Å². The molecule has 0 atom stereocenters. The minimum absolute atomic E-state index is 0.0884. The summed E-state index contributed by atoms with van der Waals surface area (Å²) in [5, 5.41) is 0.105. The van der Waals surface area contributed by atoms with Gasteiger partial charge in [-0.25, -0.2) is 4.98 Å². The molecule has 0 amide bonds. The zero-order valence-corrected chi connectivity index (χ0v) is 14.6. The highest BCUT2D eigenvalue weighted by Crippen LogP contribution is 2.38. The maximum absolute atomic E-state index is 8.49. The minimum atomic E-state index is -0.979. The van der Waals surface area contributed by atoms with E-state index in [-0.39, 0.29) is 39.7 Å². The van der Waals surface area contributed by atoms with Gasteiger partial charge in [0.05, 0.1) is 32.4 Å². The van der Waals surface area contributed by atoms with Crippen molar-refractivity contribution >= 4 is 34.1 Å². The first-order chi connectivity index (χ1) is 14.7.